The van der Waals surface area contributed by atoms with Crippen molar-refractivity contribution in [3.05, 3.63) is 35.1 Å². The van der Waals surface area contributed by atoms with E-state index in [1.165, 1.54) is 6.07 Å². The highest BCUT2D eigenvalue weighted by Crippen LogP contribution is 2.26. The van der Waals surface area contributed by atoms with Gasteiger partial charge in [0, 0.05) is 4.83 Å². The Labute approximate surface area is 80.9 Å². The van der Waals surface area contributed by atoms with Crippen LogP contribution in [0.5, 0.6) is 0 Å². The third-order valence-electron chi connectivity index (χ3n) is 1.90. The summed E-state index contributed by atoms with van der Waals surface area (Å²) in [6.45, 7) is 3.88. The highest BCUT2D eigenvalue weighted by molar-refractivity contribution is 9.09. The highest BCUT2D eigenvalue weighted by atomic mass is 79.9. The van der Waals surface area contributed by atoms with Crippen molar-refractivity contribution in [2.75, 3.05) is 0 Å². The van der Waals surface area contributed by atoms with Gasteiger partial charge in [0.05, 0.1) is 0 Å². The first-order valence-corrected chi connectivity index (χ1v) is 4.96. The SMILES string of the molecule is CCC(Br)c1ccc(F)c(C)c1. The Balaban J connectivity index is 2.96. The Bertz CT molecular complexity index is 271. The molecule has 0 aliphatic carbocycles. The van der Waals surface area contributed by atoms with Crippen LogP contribution in [0.4, 0.5) is 4.39 Å². The summed E-state index contributed by atoms with van der Waals surface area (Å²) in [4.78, 5) is 0.344. The van der Waals surface area contributed by atoms with Crippen LogP contribution < -0.4 is 0 Å². The summed E-state index contributed by atoms with van der Waals surface area (Å²) in [7, 11) is 0. The van der Waals surface area contributed by atoms with Gasteiger partial charge < -0.3 is 0 Å². The molecule has 0 spiro atoms. The van der Waals surface area contributed by atoms with Crippen molar-refractivity contribution in [1.82, 2.24) is 0 Å². The van der Waals surface area contributed by atoms with E-state index in [-0.39, 0.29) is 5.82 Å². The minimum Gasteiger partial charge on any atom is -0.207 e. The quantitative estimate of drug-likeness (QED) is 0.675. The van der Waals surface area contributed by atoms with E-state index in [4.69, 9.17) is 0 Å². The largest absolute Gasteiger partial charge is 0.207 e. The molecule has 12 heavy (non-hydrogen) atoms. The molecule has 0 amide bonds. The summed E-state index contributed by atoms with van der Waals surface area (Å²) < 4.78 is 12.9. The third kappa shape index (κ3) is 2.07. The molecule has 0 fully saturated rings. The molecule has 0 bridgehead atoms. The molecule has 2 heteroatoms. The van der Waals surface area contributed by atoms with Crippen molar-refractivity contribution in [1.29, 1.82) is 0 Å². The molecule has 0 aliphatic rings. The van der Waals surface area contributed by atoms with Gasteiger partial charge in [-0.3, -0.25) is 0 Å². The number of alkyl halides is 1. The van der Waals surface area contributed by atoms with Crippen molar-refractivity contribution >= 4 is 15.9 Å². The van der Waals surface area contributed by atoms with Crippen LogP contribution >= 0.6 is 15.9 Å². The van der Waals surface area contributed by atoms with Crippen LogP contribution in [0.3, 0.4) is 0 Å². The molecular weight excluding hydrogens is 219 g/mol. The molecule has 1 atom stereocenters. The average molecular weight is 231 g/mol. The maximum atomic E-state index is 12.9. The fraction of sp³-hybridized carbons (Fsp3) is 0.400. The number of halogens is 2. The van der Waals surface area contributed by atoms with E-state index in [1.807, 2.05) is 12.1 Å². The van der Waals surface area contributed by atoms with Gasteiger partial charge >= 0.3 is 0 Å². The molecule has 0 saturated carbocycles. The van der Waals surface area contributed by atoms with Crippen LogP contribution in [-0.2, 0) is 0 Å². The smallest absolute Gasteiger partial charge is 0.126 e. The van der Waals surface area contributed by atoms with E-state index < -0.39 is 0 Å². The van der Waals surface area contributed by atoms with Crippen molar-refractivity contribution in [3.8, 4) is 0 Å². The Morgan fingerprint density at radius 2 is 2.17 bits per heavy atom. The molecule has 0 aliphatic heterocycles. The predicted molar refractivity (Wildman–Crippen MR) is 53.1 cm³/mol. The number of rotatable bonds is 2. The summed E-state index contributed by atoms with van der Waals surface area (Å²) in [5.41, 5.74) is 1.86. The number of aryl methyl sites for hydroxylation is 1. The highest BCUT2D eigenvalue weighted by Gasteiger charge is 2.05. The molecule has 0 heterocycles. The van der Waals surface area contributed by atoms with Crippen LogP contribution in [0.2, 0.25) is 0 Å². The zero-order valence-electron chi connectivity index (χ0n) is 7.27. The van der Waals surface area contributed by atoms with Crippen molar-refractivity contribution in [2.24, 2.45) is 0 Å². The molecule has 66 valence electrons. The van der Waals surface area contributed by atoms with Gasteiger partial charge in [-0.25, -0.2) is 4.39 Å². The van der Waals surface area contributed by atoms with Crippen LogP contribution in [0.1, 0.15) is 29.3 Å². The molecule has 1 aromatic rings. The fourth-order valence-electron chi connectivity index (χ4n) is 1.10. The molecule has 1 aromatic carbocycles. The van der Waals surface area contributed by atoms with E-state index in [0.29, 0.717) is 10.4 Å². The summed E-state index contributed by atoms with van der Waals surface area (Å²) in [6, 6.07) is 5.23. The topological polar surface area (TPSA) is 0 Å². The molecule has 1 rings (SSSR count). The van der Waals surface area contributed by atoms with Crippen LogP contribution in [-0.4, -0.2) is 0 Å². The van der Waals surface area contributed by atoms with Gasteiger partial charge in [-0.05, 0) is 30.5 Å². The summed E-state index contributed by atoms with van der Waals surface area (Å²) in [6.07, 6.45) is 1.02. The fourth-order valence-corrected chi connectivity index (χ4v) is 1.38. The van der Waals surface area contributed by atoms with Crippen LogP contribution in [0, 0.1) is 12.7 Å². The van der Waals surface area contributed by atoms with Crippen molar-refractivity contribution in [2.45, 2.75) is 25.1 Å². The van der Waals surface area contributed by atoms with Gasteiger partial charge in [0.15, 0.2) is 0 Å². The Morgan fingerprint density at radius 3 is 2.67 bits per heavy atom. The lowest BCUT2D eigenvalue weighted by Crippen LogP contribution is -1.90. The lowest BCUT2D eigenvalue weighted by Gasteiger charge is -2.07. The first-order valence-electron chi connectivity index (χ1n) is 4.05. The lowest BCUT2D eigenvalue weighted by molar-refractivity contribution is 0.617. The second kappa shape index (κ2) is 4.04. The van der Waals surface area contributed by atoms with Gasteiger partial charge in [-0.15, -0.1) is 0 Å². The summed E-state index contributed by atoms with van der Waals surface area (Å²) in [5, 5.41) is 0. The Kier molecular flexibility index (Phi) is 3.27. The zero-order valence-corrected chi connectivity index (χ0v) is 8.86. The number of hydrogen-bond acceptors (Lipinski definition) is 0. The second-order valence-electron chi connectivity index (χ2n) is 2.88. The first kappa shape index (κ1) is 9.72. The molecule has 0 nitrogen and oxygen atoms in total. The molecule has 1 unspecified atom stereocenters. The van der Waals surface area contributed by atoms with Crippen molar-refractivity contribution in [3.63, 3.8) is 0 Å². The molecule has 0 N–H and O–H groups in total. The standard InChI is InChI=1S/C10H12BrF/c1-3-9(11)8-4-5-10(12)7(2)6-8/h4-6,9H,3H2,1-2H3. The van der Waals surface area contributed by atoms with Gasteiger partial charge in [0.2, 0.25) is 0 Å². The molecule has 0 saturated heterocycles. The monoisotopic (exact) mass is 230 g/mol. The Morgan fingerprint density at radius 1 is 1.50 bits per heavy atom. The van der Waals surface area contributed by atoms with Gasteiger partial charge in [-0.2, -0.15) is 0 Å². The van der Waals surface area contributed by atoms with Gasteiger partial charge in [-0.1, -0.05) is 35.0 Å². The van der Waals surface area contributed by atoms with Gasteiger partial charge in [0.25, 0.3) is 0 Å². The minimum absolute atomic E-state index is 0.130. The number of benzene rings is 1. The maximum absolute atomic E-state index is 12.9. The van der Waals surface area contributed by atoms with Crippen LogP contribution in [0.15, 0.2) is 18.2 Å². The van der Waals surface area contributed by atoms with E-state index in [1.54, 1.807) is 6.92 Å². The normalized spacial score (nSPS) is 13.0. The van der Waals surface area contributed by atoms with Crippen molar-refractivity contribution < 1.29 is 4.39 Å². The second-order valence-corrected chi connectivity index (χ2v) is 3.99. The van der Waals surface area contributed by atoms with Gasteiger partial charge in [0.1, 0.15) is 5.82 Å². The first-order chi connectivity index (χ1) is 5.65. The lowest BCUT2D eigenvalue weighted by atomic mass is 10.1. The van der Waals surface area contributed by atoms with E-state index in [9.17, 15) is 4.39 Å². The third-order valence-corrected chi connectivity index (χ3v) is 3.08. The van der Waals surface area contributed by atoms with E-state index >= 15 is 0 Å². The van der Waals surface area contributed by atoms with E-state index in [2.05, 4.69) is 22.9 Å². The summed E-state index contributed by atoms with van der Waals surface area (Å²) >= 11 is 3.52. The molecule has 0 aromatic heterocycles. The van der Waals surface area contributed by atoms with Crippen LogP contribution in [0.25, 0.3) is 0 Å². The Hall–Kier alpha value is -0.370. The molecule has 0 radical (unpaired) electrons. The maximum Gasteiger partial charge on any atom is 0.126 e. The molecular formula is C10H12BrF. The summed E-state index contributed by atoms with van der Waals surface area (Å²) in [5.74, 6) is -0.130. The predicted octanol–water partition coefficient (Wildman–Crippen LogP) is 3.98. The minimum atomic E-state index is -0.130. The number of hydrogen-bond donors (Lipinski definition) is 0. The zero-order chi connectivity index (χ0) is 9.14. The van der Waals surface area contributed by atoms with E-state index in [0.717, 1.165) is 12.0 Å². The average Bonchev–Trinajstić information content (AvgIpc) is 2.08.